The van der Waals surface area contributed by atoms with Crippen LogP contribution < -0.4 is 0 Å². The Morgan fingerprint density at radius 2 is 2.06 bits per heavy atom. The molecule has 1 aromatic carbocycles. The van der Waals surface area contributed by atoms with Crippen molar-refractivity contribution in [3.8, 4) is 0 Å². The molecule has 0 saturated carbocycles. The molecule has 1 N–H and O–H groups in total. The Kier molecular flexibility index (Phi) is 2.93. The zero-order chi connectivity index (χ0) is 12.8. The van der Waals surface area contributed by atoms with Crippen molar-refractivity contribution < 1.29 is 5.11 Å². The number of rotatable bonds is 3. The van der Waals surface area contributed by atoms with Gasteiger partial charge in [0.2, 0.25) is 0 Å². The number of hydrogen-bond donors (Lipinski definition) is 1. The standard InChI is InChI=1S/C15H19NOS/c1-11(2)15(17)9-16(10-15)7-12-8-18-14-6-4-3-5-13(12)14/h3-6,8,11,17H,7,9-10H2,1-2H3. The first-order chi connectivity index (χ1) is 8.58. The molecule has 0 aliphatic carbocycles. The van der Waals surface area contributed by atoms with Crippen LogP contribution in [0.3, 0.4) is 0 Å². The smallest absolute Gasteiger partial charge is 0.0923 e. The van der Waals surface area contributed by atoms with E-state index in [0.717, 1.165) is 19.6 Å². The molecule has 1 saturated heterocycles. The molecule has 2 nitrogen and oxygen atoms in total. The molecular formula is C15H19NOS. The maximum atomic E-state index is 10.3. The van der Waals surface area contributed by atoms with Gasteiger partial charge in [-0.15, -0.1) is 11.3 Å². The fourth-order valence-corrected chi connectivity index (χ4v) is 3.56. The van der Waals surface area contributed by atoms with Crippen molar-refractivity contribution in [1.29, 1.82) is 0 Å². The molecule has 18 heavy (non-hydrogen) atoms. The van der Waals surface area contributed by atoms with Gasteiger partial charge in [-0.2, -0.15) is 0 Å². The van der Waals surface area contributed by atoms with Gasteiger partial charge in [-0.1, -0.05) is 32.0 Å². The van der Waals surface area contributed by atoms with Crippen LogP contribution in [0.2, 0.25) is 0 Å². The number of likely N-dealkylation sites (tertiary alicyclic amines) is 1. The average molecular weight is 261 g/mol. The van der Waals surface area contributed by atoms with E-state index in [1.807, 2.05) is 11.3 Å². The molecule has 0 spiro atoms. The summed E-state index contributed by atoms with van der Waals surface area (Å²) in [5.41, 5.74) is 0.924. The summed E-state index contributed by atoms with van der Waals surface area (Å²) in [6.45, 7) is 6.75. The Labute approximate surface area is 112 Å². The molecule has 1 aromatic heterocycles. The van der Waals surface area contributed by atoms with Crippen LogP contribution in [0.15, 0.2) is 29.6 Å². The van der Waals surface area contributed by atoms with E-state index < -0.39 is 5.60 Å². The van der Waals surface area contributed by atoms with Crippen LogP contribution in [0.4, 0.5) is 0 Å². The van der Waals surface area contributed by atoms with E-state index in [2.05, 4.69) is 48.4 Å². The van der Waals surface area contributed by atoms with Crippen molar-refractivity contribution in [2.75, 3.05) is 13.1 Å². The largest absolute Gasteiger partial charge is 0.387 e. The number of β-amino-alcohol motifs (C(OH)–C–C–N with tert-alkyl or cyclic N) is 1. The van der Waals surface area contributed by atoms with E-state index in [1.165, 1.54) is 15.6 Å². The summed E-state index contributed by atoms with van der Waals surface area (Å²) in [6, 6.07) is 8.54. The summed E-state index contributed by atoms with van der Waals surface area (Å²) in [7, 11) is 0. The molecule has 2 heterocycles. The number of thiophene rings is 1. The van der Waals surface area contributed by atoms with Crippen molar-refractivity contribution in [3.05, 3.63) is 35.2 Å². The normalized spacial score (nSPS) is 19.3. The van der Waals surface area contributed by atoms with Crippen LogP contribution in [0.1, 0.15) is 19.4 Å². The summed E-state index contributed by atoms with van der Waals surface area (Å²) in [5, 5.41) is 13.9. The maximum Gasteiger partial charge on any atom is 0.0923 e. The molecule has 1 aliphatic rings. The van der Waals surface area contributed by atoms with E-state index in [0.29, 0.717) is 5.92 Å². The van der Waals surface area contributed by atoms with Crippen LogP contribution in [-0.4, -0.2) is 28.7 Å². The van der Waals surface area contributed by atoms with Crippen LogP contribution in [0.25, 0.3) is 10.1 Å². The molecule has 1 aliphatic heterocycles. The minimum absolute atomic E-state index is 0.341. The fourth-order valence-electron chi connectivity index (χ4n) is 2.60. The van der Waals surface area contributed by atoms with Crippen molar-refractivity contribution in [1.82, 2.24) is 4.90 Å². The SMILES string of the molecule is CC(C)C1(O)CN(Cc2csc3ccccc23)C1. The molecule has 96 valence electrons. The monoisotopic (exact) mass is 261 g/mol. The number of benzene rings is 1. The quantitative estimate of drug-likeness (QED) is 0.917. The second-order valence-corrected chi connectivity index (χ2v) is 6.57. The van der Waals surface area contributed by atoms with Crippen LogP contribution in [0.5, 0.6) is 0 Å². The van der Waals surface area contributed by atoms with Gasteiger partial charge in [0.05, 0.1) is 5.60 Å². The van der Waals surface area contributed by atoms with Crippen LogP contribution >= 0.6 is 11.3 Å². The maximum absolute atomic E-state index is 10.3. The van der Waals surface area contributed by atoms with E-state index in [1.54, 1.807) is 0 Å². The van der Waals surface area contributed by atoms with Gasteiger partial charge in [0.1, 0.15) is 0 Å². The minimum Gasteiger partial charge on any atom is -0.387 e. The van der Waals surface area contributed by atoms with Crippen LogP contribution in [0, 0.1) is 5.92 Å². The van der Waals surface area contributed by atoms with Crippen molar-refractivity contribution in [3.63, 3.8) is 0 Å². The third-order valence-electron chi connectivity index (χ3n) is 4.02. The highest BCUT2D eigenvalue weighted by atomic mass is 32.1. The number of aliphatic hydroxyl groups is 1. The predicted octanol–water partition coefficient (Wildman–Crippen LogP) is 3.10. The summed E-state index contributed by atoms with van der Waals surface area (Å²) in [5.74, 6) is 0.341. The van der Waals surface area contributed by atoms with Gasteiger partial charge in [-0.3, -0.25) is 4.90 Å². The highest BCUT2D eigenvalue weighted by Crippen LogP contribution is 2.32. The molecular weight excluding hydrogens is 242 g/mol. The zero-order valence-corrected chi connectivity index (χ0v) is 11.7. The lowest BCUT2D eigenvalue weighted by Gasteiger charge is -2.49. The van der Waals surface area contributed by atoms with Crippen molar-refractivity contribution in [2.45, 2.75) is 26.0 Å². The molecule has 2 aromatic rings. The van der Waals surface area contributed by atoms with Gasteiger partial charge in [0, 0.05) is 24.3 Å². The summed E-state index contributed by atoms with van der Waals surface area (Å²) < 4.78 is 1.35. The summed E-state index contributed by atoms with van der Waals surface area (Å²) >= 11 is 1.81. The van der Waals surface area contributed by atoms with Gasteiger partial charge >= 0.3 is 0 Å². The highest BCUT2D eigenvalue weighted by Gasteiger charge is 2.43. The Balaban J connectivity index is 1.72. The first-order valence-corrected chi connectivity index (χ1v) is 7.36. The summed E-state index contributed by atoms with van der Waals surface area (Å²) in [4.78, 5) is 2.33. The third-order valence-corrected chi connectivity index (χ3v) is 5.04. The summed E-state index contributed by atoms with van der Waals surface area (Å²) in [6.07, 6.45) is 0. The number of hydrogen-bond acceptors (Lipinski definition) is 3. The molecule has 0 radical (unpaired) electrons. The van der Waals surface area contributed by atoms with Crippen molar-refractivity contribution >= 4 is 21.4 Å². The molecule has 0 bridgehead atoms. The lowest BCUT2D eigenvalue weighted by Crippen LogP contribution is -2.63. The van der Waals surface area contributed by atoms with Gasteiger partial charge in [-0.05, 0) is 28.3 Å². The topological polar surface area (TPSA) is 23.5 Å². The Hall–Kier alpha value is -0.900. The lowest BCUT2D eigenvalue weighted by atomic mass is 9.83. The van der Waals surface area contributed by atoms with Crippen molar-refractivity contribution in [2.24, 2.45) is 5.92 Å². The fraction of sp³-hybridized carbons (Fsp3) is 0.467. The van der Waals surface area contributed by atoms with E-state index in [9.17, 15) is 5.11 Å². The Morgan fingerprint density at radius 3 is 2.78 bits per heavy atom. The molecule has 3 rings (SSSR count). The second kappa shape index (κ2) is 4.34. The Bertz CT molecular complexity index is 554. The lowest BCUT2D eigenvalue weighted by molar-refractivity contribution is -0.130. The predicted molar refractivity (Wildman–Crippen MR) is 76.9 cm³/mol. The van der Waals surface area contributed by atoms with Gasteiger partial charge in [0.15, 0.2) is 0 Å². The number of fused-ring (bicyclic) bond motifs is 1. The van der Waals surface area contributed by atoms with Crippen LogP contribution in [-0.2, 0) is 6.54 Å². The average Bonchev–Trinajstić information content (AvgIpc) is 2.70. The zero-order valence-electron chi connectivity index (χ0n) is 10.9. The van der Waals surface area contributed by atoms with E-state index in [-0.39, 0.29) is 0 Å². The molecule has 3 heteroatoms. The first kappa shape index (κ1) is 12.2. The first-order valence-electron chi connectivity index (χ1n) is 6.48. The molecule has 0 unspecified atom stereocenters. The number of nitrogens with zero attached hydrogens (tertiary/aromatic N) is 1. The molecule has 1 fully saturated rings. The highest BCUT2D eigenvalue weighted by molar-refractivity contribution is 7.17. The van der Waals surface area contributed by atoms with E-state index in [4.69, 9.17) is 0 Å². The van der Waals surface area contributed by atoms with Gasteiger partial charge in [-0.25, -0.2) is 0 Å². The third kappa shape index (κ3) is 1.96. The van der Waals surface area contributed by atoms with Gasteiger partial charge < -0.3 is 5.11 Å². The molecule has 0 atom stereocenters. The molecule has 0 amide bonds. The van der Waals surface area contributed by atoms with Gasteiger partial charge in [0.25, 0.3) is 0 Å². The Morgan fingerprint density at radius 1 is 1.33 bits per heavy atom. The van der Waals surface area contributed by atoms with E-state index >= 15 is 0 Å². The minimum atomic E-state index is -0.466. The second-order valence-electron chi connectivity index (χ2n) is 5.66.